The van der Waals surface area contributed by atoms with E-state index < -0.39 is 33.7 Å². The molecule has 1 aliphatic rings. The first-order valence-electron chi connectivity index (χ1n) is 6.03. The van der Waals surface area contributed by atoms with Crippen molar-refractivity contribution in [2.24, 2.45) is 5.41 Å². The molecule has 10 heteroatoms. The molecule has 1 rings (SSSR count). The molecular formula is C11H16F3NO5S. The third-order valence-corrected chi connectivity index (χ3v) is 4.13. The fourth-order valence-electron chi connectivity index (χ4n) is 1.81. The number of hydrogen-bond donors (Lipinski definition) is 1. The molecule has 21 heavy (non-hydrogen) atoms. The number of carboxylic acid groups (broad SMARTS) is 1. The molecule has 0 spiro atoms. The Kier molecular flexibility index (Phi) is 4.94. The summed E-state index contributed by atoms with van der Waals surface area (Å²) in [5, 5.41) is 8.89. The number of halogens is 3. The number of rotatable bonds is 4. The number of nitrogens with zero attached hydrogens (tertiary/aromatic N) is 1. The van der Waals surface area contributed by atoms with Crippen LogP contribution in [0.2, 0.25) is 0 Å². The van der Waals surface area contributed by atoms with E-state index in [9.17, 15) is 26.4 Å². The monoisotopic (exact) mass is 331 g/mol. The van der Waals surface area contributed by atoms with Gasteiger partial charge in [-0.15, -0.1) is 0 Å². The second-order valence-corrected chi connectivity index (χ2v) is 6.89. The Morgan fingerprint density at radius 2 is 2.00 bits per heavy atom. The Balaban J connectivity index is 2.85. The van der Waals surface area contributed by atoms with Crippen LogP contribution in [0.1, 0.15) is 26.7 Å². The van der Waals surface area contributed by atoms with Crippen LogP contribution in [-0.4, -0.2) is 43.2 Å². The van der Waals surface area contributed by atoms with Crippen LogP contribution in [-0.2, 0) is 14.3 Å². The van der Waals surface area contributed by atoms with E-state index in [4.69, 9.17) is 5.11 Å². The number of carbonyl (C=O) groups is 1. The molecule has 0 saturated carbocycles. The van der Waals surface area contributed by atoms with Crippen molar-refractivity contribution in [3.63, 3.8) is 0 Å². The zero-order chi connectivity index (χ0) is 16.5. The molecule has 0 unspecified atom stereocenters. The number of hydrogen-bond acceptors (Lipinski definition) is 4. The molecule has 0 aromatic rings. The van der Waals surface area contributed by atoms with Crippen molar-refractivity contribution in [2.75, 3.05) is 13.2 Å². The average Bonchev–Trinajstić information content (AvgIpc) is 2.35. The molecule has 0 saturated heterocycles. The molecule has 0 radical (unpaired) electrons. The number of alkyl halides is 3. The van der Waals surface area contributed by atoms with Crippen molar-refractivity contribution in [3.8, 4) is 0 Å². The van der Waals surface area contributed by atoms with E-state index in [1.54, 1.807) is 0 Å². The highest BCUT2D eigenvalue weighted by Crippen LogP contribution is 2.35. The van der Waals surface area contributed by atoms with Gasteiger partial charge in [0.05, 0.1) is 6.61 Å². The van der Waals surface area contributed by atoms with Gasteiger partial charge in [0.1, 0.15) is 0 Å². The highest BCUT2D eigenvalue weighted by Gasteiger charge is 2.48. The van der Waals surface area contributed by atoms with Gasteiger partial charge in [-0.3, -0.25) is 9.08 Å². The predicted octanol–water partition coefficient (Wildman–Crippen LogP) is 2.54. The van der Waals surface area contributed by atoms with Crippen LogP contribution in [0.5, 0.6) is 0 Å². The Morgan fingerprint density at radius 3 is 2.48 bits per heavy atom. The zero-order valence-corrected chi connectivity index (χ0v) is 12.3. The summed E-state index contributed by atoms with van der Waals surface area (Å²) in [6.45, 7) is 2.57. The molecule has 1 amide bonds. The molecule has 0 aromatic heterocycles. The van der Waals surface area contributed by atoms with E-state index >= 15 is 0 Å². The lowest BCUT2D eigenvalue weighted by molar-refractivity contribution is -0.0557. The number of amides is 1. The molecule has 0 fully saturated rings. The lowest BCUT2D eigenvalue weighted by Crippen LogP contribution is -2.35. The summed E-state index contributed by atoms with van der Waals surface area (Å²) < 4.78 is 62.4. The van der Waals surface area contributed by atoms with Gasteiger partial charge in [-0.2, -0.15) is 21.6 Å². The van der Waals surface area contributed by atoms with E-state index in [1.165, 1.54) is 20.0 Å². The second-order valence-electron chi connectivity index (χ2n) is 5.28. The van der Waals surface area contributed by atoms with Crippen LogP contribution >= 0.6 is 0 Å². The SMILES string of the molecule is CC(C)(COS(=O)(=O)C(F)(F)F)C1=CN(C(=O)O)CCC1. The third-order valence-electron chi connectivity index (χ3n) is 3.13. The summed E-state index contributed by atoms with van der Waals surface area (Å²) in [6.07, 6.45) is 1.11. The smallest absolute Gasteiger partial charge is 0.465 e. The van der Waals surface area contributed by atoms with Crippen molar-refractivity contribution in [2.45, 2.75) is 32.2 Å². The highest BCUT2D eigenvalue weighted by atomic mass is 32.2. The maximum absolute atomic E-state index is 12.2. The van der Waals surface area contributed by atoms with Gasteiger partial charge in [0.2, 0.25) is 0 Å². The molecule has 1 heterocycles. The molecule has 6 nitrogen and oxygen atoms in total. The lowest BCUT2D eigenvalue weighted by atomic mass is 9.82. The molecule has 0 atom stereocenters. The van der Waals surface area contributed by atoms with Crippen molar-refractivity contribution in [1.82, 2.24) is 4.90 Å². The van der Waals surface area contributed by atoms with Crippen LogP contribution in [0.3, 0.4) is 0 Å². The quantitative estimate of drug-likeness (QED) is 0.632. The summed E-state index contributed by atoms with van der Waals surface area (Å²) in [4.78, 5) is 11.9. The van der Waals surface area contributed by atoms with Gasteiger partial charge in [-0.05, 0) is 18.4 Å². The normalized spacial score (nSPS) is 17.6. The highest BCUT2D eigenvalue weighted by molar-refractivity contribution is 7.87. The van der Waals surface area contributed by atoms with Crippen molar-refractivity contribution >= 4 is 16.2 Å². The van der Waals surface area contributed by atoms with E-state index in [2.05, 4.69) is 4.18 Å². The maximum atomic E-state index is 12.2. The van der Waals surface area contributed by atoms with Crippen LogP contribution in [0.25, 0.3) is 0 Å². The minimum absolute atomic E-state index is 0.288. The van der Waals surface area contributed by atoms with Gasteiger partial charge in [0, 0.05) is 18.2 Å². The molecule has 122 valence electrons. The topological polar surface area (TPSA) is 83.9 Å². The fourth-order valence-corrected chi connectivity index (χ4v) is 2.39. The van der Waals surface area contributed by atoms with Gasteiger partial charge >= 0.3 is 21.7 Å². The van der Waals surface area contributed by atoms with E-state index in [0.717, 1.165) is 4.90 Å². The van der Waals surface area contributed by atoms with Gasteiger partial charge in [-0.25, -0.2) is 4.79 Å². The molecule has 1 aliphatic heterocycles. The lowest BCUT2D eigenvalue weighted by Gasteiger charge is -2.32. The van der Waals surface area contributed by atoms with Crippen LogP contribution in [0.4, 0.5) is 18.0 Å². The summed E-state index contributed by atoms with van der Waals surface area (Å²) in [6, 6.07) is 0. The summed E-state index contributed by atoms with van der Waals surface area (Å²) in [5.74, 6) is 0. The minimum atomic E-state index is -5.66. The average molecular weight is 331 g/mol. The molecule has 0 aliphatic carbocycles. The second kappa shape index (κ2) is 5.84. The van der Waals surface area contributed by atoms with E-state index in [1.807, 2.05) is 0 Å². The molecule has 0 bridgehead atoms. The predicted molar refractivity (Wildman–Crippen MR) is 66.8 cm³/mol. The molecule has 0 aromatic carbocycles. The van der Waals surface area contributed by atoms with Gasteiger partial charge in [0.15, 0.2) is 0 Å². The van der Waals surface area contributed by atoms with Crippen molar-refractivity contribution in [3.05, 3.63) is 11.8 Å². The first-order chi connectivity index (χ1) is 9.37. The van der Waals surface area contributed by atoms with Crippen molar-refractivity contribution < 1.29 is 35.7 Å². The third kappa shape index (κ3) is 4.34. The first-order valence-corrected chi connectivity index (χ1v) is 7.44. The Morgan fingerprint density at radius 1 is 1.43 bits per heavy atom. The van der Waals surface area contributed by atoms with Crippen LogP contribution in [0.15, 0.2) is 11.8 Å². The van der Waals surface area contributed by atoms with E-state index in [0.29, 0.717) is 18.4 Å². The summed E-state index contributed by atoms with van der Waals surface area (Å²) >= 11 is 0. The van der Waals surface area contributed by atoms with E-state index in [-0.39, 0.29) is 6.54 Å². The maximum Gasteiger partial charge on any atom is 0.523 e. The van der Waals surface area contributed by atoms with Gasteiger partial charge in [-0.1, -0.05) is 13.8 Å². The van der Waals surface area contributed by atoms with Crippen LogP contribution in [0, 0.1) is 5.41 Å². The first kappa shape index (κ1) is 17.8. The Hall–Kier alpha value is -1.29. The summed E-state index contributed by atoms with van der Waals surface area (Å²) in [5.41, 5.74) is -5.99. The summed E-state index contributed by atoms with van der Waals surface area (Å²) in [7, 11) is -5.66. The Labute approximate surface area is 120 Å². The molecular weight excluding hydrogens is 315 g/mol. The molecule has 1 N–H and O–H groups in total. The minimum Gasteiger partial charge on any atom is -0.465 e. The van der Waals surface area contributed by atoms with Gasteiger partial charge in [0.25, 0.3) is 0 Å². The van der Waals surface area contributed by atoms with Crippen molar-refractivity contribution in [1.29, 1.82) is 0 Å². The Bertz CT molecular complexity index is 539. The van der Waals surface area contributed by atoms with Gasteiger partial charge < -0.3 is 5.11 Å². The fraction of sp³-hybridized carbons (Fsp3) is 0.727. The largest absolute Gasteiger partial charge is 0.523 e. The van der Waals surface area contributed by atoms with Crippen LogP contribution < -0.4 is 0 Å². The standard InChI is InChI=1S/C11H16F3NO5S/c1-10(2,7-20-21(18,19)11(12,13)14)8-4-3-5-15(6-8)9(16)17/h6H,3-5,7H2,1-2H3,(H,16,17). The zero-order valence-electron chi connectivity index (χ0n) is 11.5.